The molecule has 2 heterocycles. The number of hydrogen-bond acceptors (Lipinski definition) is 2. The van der Waals surface area contributed by atoms with Crippen LogP contribution in [-0.4, -0.2) is 33.1 Å². The molecule has 27 heavy (non-hydrogen) atoms. The van der Waals surface area contributed by atoms with Gasteiger partial charge in [-0.1, -0.05) is 6.92 Å². The van der Waals surface area contributed by atoms with Crippen molar-refractivity contribution >= 4 is 27.7 Å². The van der Waals surface area contributed by atoms with Crippen molar-refractivity contribution in [2.24, 2.45) is 5.92 Å². The highest BCUT2D eigenvalue weighted by atomic mass is 19.1. The normalized spacial score (nSPS) is 20.0. The molecule has 1 amide bonds. The molecule has 1 aliphatic heterocycles. The molecule has 0 aliphatic carbocycles. The summed E-state index contributed by atoms with van der Waals surface area (Å²) in [5, 5.41) is 12.2. The molecule has 1 aromatic heterocycles. The Bertz CT molecular complexity index is 971. The standard InChI is InChI=1S/C21H22F2N2O2/c1-12(11-24-13(2)3-8-20(24)26)21(27)25-18-6-4-14(22)9-16(18)17-10-15(23)5-7-19(17)25/h4-7,9-10,12-13,21,27H,3,8,11H2,1-2H3. The van der Waals surface area contributed by atoms with Gasteiger partial charge in [0.1, 0.15) is 17.9 Å². The average Bonchev–Trinajstić information content (AvgIpc) is 3.12. The molecule has 0 bridgehead atoms. The van der Waals surface area contributed by atoms with Gasteiger partial charge in [0.15, 0.2) is 0 Å². The molecule has 4 nitrogen and oxygen atoms in total. The van der Waals surface area contributed by atoms with Crippen molar-refractivity contribution in [3.05, 3.63) is 48.0 Å². The lowest BCUT2D eigenvalue weighted by Gasteiger charge is -2.29. The van der Waals surface area contributed by atoms with Crippen LogP contribution in [0.25, 0.3) is 21.8 Å². The molecular weight excluding hydrogens is 350 g/mol. The number of benzene rings is 2. The monoisotopic (exact) mass is 372 g/mol. The number of aromatic nitrogens is 1. The molecule has 4 rings (SSSR count). The molecule has 3 atom stereocenters. The van der Waals surface area contributed by atoms with Gasteiger partial charge in [0.25, 0.3) is 0 Å². The molecule has 3 aromatic rings. The Labute approximate surface area is 156 Å². The first-order chi connectivity index (χ1) is 12.9. The molecule has 1 N–H and O–H groups in total. The predicted molar refractivity (Wildman–Crippen MR) is 100 cm³/mol. The third-order valence-electron chi connectivity index (χ3n) is 5.61. The average molecular weight is 372 g/mol. The van der Waals surface area contributed by atoms with E-state index in [1.165, 1.54) is 24.3 Å². The van der Waals surface area contributed by atoms with E-state index in [-0.39, 0.29) is 17.9 Å². The fraction of sp³-hybridized carbons (Fsp3) is 0.381. The third kappa shape index (κ3) is 2.98. The lowest BCUT2D eigenvalue weighted by molar-refractivity contribution is -0.130. The first kappa shape index (κ1) is 17.9. The van der Waals surface area contributed by atoms with Crippen LogP contribution in [-0.2, 0) is 4.79 Å². The van der Waals surface area contributed by atoms with Crippen LogP contribution in [0.5, 0.6) is 0 Å². The van der Waals surface area contributed by atoms with Crippen molar-refractivity contribution < 1.29 is 18.7 Å². The van der Waals surface area contributed by atoms with E-state index in [2.05, 4.69) is 0 Å². The van der Waals surface area contributed by atoms with Gasteiger partial charge in [0.2, 0.25) is 5.91 Å². The Morgan fingerprint density at radius 1 is 1.11 bits per heavy atom. The SMILES string of the molecule is CC(CN1C(=O)CCC1C)C(O)n1c2ccc(F)cc2c2cc(F)ccc21. The van der Waals surface area contributed by atoms with Crippen LogP contribution in [0.1, 0.15) is 32.9 Å². The number of carbonyl (C=O) groups is 1. The number of carbonyl (C=O) groups excluding carboxylic acids is 1. The van der Waals surface area contributed by atoms with Crippen LogP contribution in [0.15, 0.2) is 36.4 Å². The Morgan fingerprint density at radius 3 is 2.15 bits per heavy atom. The van der Waals surface area contributed by atoms with Gasteiger partial charge in [0.05, 0.1) is 11.0 Å². The minimum absolute atomic E-state index is 0.105. The topological polar surface area (TPSA) is 45.5 Å². The van der Waals surface area contributed by atoms with Crippen LogP contribution in [0.4, 0.5) is 8.78 Å². The van der Waals surface area contributed by atoms with E-state index < -0.39 is 17.9 Å². The molecule has 0 saturated carbocycles. The van der Waals surface area contributed by atoms with Crippen molar-refractivity contribution in [1.29, 1.82) is 0 Å². The minimum Gasteiger partial charge on any atom is -0.373 e. The van der Waals surface area contributed by atoms with Gasteiger partial charge < -0.3 is 14.6 Å². The van der Waals surface area contributed by atoms with Crippen molar-refractivity contribution in [1.82, 2.24) is 9.47 Å². The second-order valence-electron chi connectivity index (χ2n) is 7.52. The predicted octanol–water partition coefficient (Wildman–Crippen LogP) is 4.21. The molecule has 2 aromatic carbocycles. The second kappa shape index (κ2) is 6.60. The van der Waals surface area contributed by atoms with Gasteiger partial charge in [-0.2, -0.15) is 0 Å². The second-order valence-corrected chi connectivity index (χ2v) is 7.52. The zero-order chi connectivity index (χ0) is 19.3. The Morgan fingerprint density at radius 2 is 1.67 bits per heavy atom. The van der Waals surface area contributed by atoms with Crippen molar-refractivity contribution in [2.75, 3.05) is 6.54 Å². The van der Waals surface area contributed by atoms with E-state index in [9.17, 15) is 18.7 Å². The summed E-state index contributed by atoms with van der Waals surface area (Å²) < 4.78 is 29.3. The summed E-state index contributed by atoms with van der Waals surface area (Å²) in [5.74, 6) is -0.967. The zero-order valence-corrected chi connectivity index (χ0v) is 15.3. The number of likely N-dealkylation sites (tertiary alicyclic amines) is 1. The van der Waals surface area contributed by atoms with Crippen LogP contribution in [0, 0.1) is 17.6 Å². The highest BCUT2D eigenvalue weighted by Crippen LogP contribution is 2.35. The number of aliphatic hydroxyl groups is 1. The number of halogens is 2. The fourth-order valence-electron chi connectivity index (χ4n) is 4.10. The van der Waals surface area contributed by atoms with Crippen molar-refractivity contribution in [3.63, 3.8) is 0 Å². The molecule has 1 fully saturated rings. The number of hydrogen-bond donors (Lipinski definition) is 1. The summed E-state index contributed by atoms with van der Waals surface area (Å²) in [4.78, 5) is 13.9. The van der Waals surface area contributed by atoms with Gasteiger partial charge in [-0.3, -0.25) is 4.79 Å². The van der Waals surface area contributed by atoms with E-state index in [4.69, 9.17) is 0 Å². The Hall–Kier alpha value is -2.47. The van der Waals surface area contributed by atoms with E-state index >= 15 is 0 Å². The lowest BCUT2D eigenvalue weighted by Crippen LogP contribution is -2.37. The van der Waals surface area contributed by atoms with Gasteiger partial charge in [0, 0.05) is 35.7 Å². The third-order valence-corrected chi connectivity index (χ3v) is 5.61. The summed E-state index contributed by atoms with van der Waals surface area (Å²) in [6.07, 6.45) is 0.439. The number of amides is 1. The van der Waals surface area contributed by atoms with Crippen LogP contribution in [0.2, 0.25) is 0 Å². The molecule has 6 heteroatoms. The number of fused-ring (bicyclic) bond motifs is 3. The van der Waals surface area contributed by atoms with Gasteiger partial charge in [-0.25, -0.2) is 8.78 Å². The van der Waals surface area contributed by atoms with E-state index in [0.29, 0.717) is 34.8 Å². The minimum atomic E-state index is -0.929. The largest absolute Gasteiger partial charge is 0.373 e. The molecule has 142 valence electrons. The molecule has 3 unspecified atom stereocenters. The van der Waals surface area contributed by atoms with Crippen LogP contribution in [0.3, 0.4) is 0 Å². The zero-order valence-electron chi connectivity index (χ0n) is 15.3. The molecular formula is C21H22F2N2O2. The summed E-state index contributed by atoms with van der Waals surface area (Å²) in [5.41, 5.74) is 1.27. The van der Waals surface area contributed by atoms with Crippen LogP contribution < -0.4 is 0 Å². The Kier molecular flexibility index (Phi) is 4.38. The molecule has 1 saturated heterocycles. The van der Waals surface area contributed by atoms with E-state index in [1.807, 2.05) is 13.8 Å². The molecule has 0 spiro atoms. The maximum absolute atomic E-state index is 13.8. The summed E-state index contributed by atoms with van der Waals surface area (Å²) >= 11 is 0. The maximum atomic E-state index is 13.8. The summed E-state index contributed by atoms with van der Waals surface area (Å²) in [6.45, 7) is 4.33. The van der Waals surface area contributed by atoms with Gasteiger partial charge in [-0.05, 0) is 49.7 Å². The fourth-order valence-corrected chi connectivity index (χ4v) is 4.10. The first-order valence-corrected chi connectivity index (χ1v) is 9.23. The number of nitrogens with zero attached hydrogens (tertiary/aromatic N) is 2. The van der Waals surface area contributed by atoms with Gasteiger partial charge in [-0.15, -0.1) is 0 Å². The van der Waals surface area contributed by atoms with Crippen molar-refractivity contribution in [2.45, 2.75) is 39.0 Å². The first-order valence-electron chi connectivity index (χ1n) is 9.23. The van der Waals surface area contributed by atoms with Crippen molar-refractivity contribution in [3.8, 4) is 0 Å². The number of aliphatic hydroxyl groups excluding tert-OH is 1. The van der Waals surface area contributed by atoms with E-state index in [0.717, 1.165) is 6.42 Å². The highest BCUT2D eigenvalue weighted by Gasteiger charge is 2.31. The lowest BCUT2D eigenvalue weighted by atomic mass is 10.1. The smallest absolute Gasteiger partial charge is 0.222 e. The van der Waals surface area contributed by atoms with E-state index in [1.54, 1.807) is 21.6 Å². The highest BCUT2D eigenvalue weighted by molar-refractivity contribution is 6.08. The molecule has 0 radical (unpaired) electrons. The summed E-state index contributed by atoms with van der Waals surface area (Å²) in [7, 11) is 0. The number of rotatable bonds is 4. The Balaban J connectivity index is 1.78. The summed E-state index contributed by atoms with van der Waals surface area (Å²) in [6, 6.07) is 8.74. The maximum Gasteiger partial charge on any atom is 0.222 e. The molecule has 1 aliphatic rings. The van der Waals surface area contributed by atoms with Crippen LogP contribution >= 0.6 is 0 Å². The quantitative estimate of drug-likeness (QED) is 0.746. The van der Waals surface area contributed by atoms with Gasteiger partial charge >= 0.3 is 0 Å².